The highest BCUT2D eigenvalue weighted by molar-refractivity contribution is 5.76. The van der Waals surface area contributed by atoms with E-state index >= 15 is 0 Å². The number of amides is 1. The molecule has 2 aliphatic carbocycles. The summed E-state index contributed by atoms with van der Waals surface area (Å²) in [7, 11) is 0. The van der Waals surface area contributed by atoms with Gasteiger partial charge < -0.3 is 15.2 Å². The highest BCUT2D eigenvalue weighted by Gasteiger charge is 2.48. The Labute approximate surface area is 136 Å². The summed E-state index contributed by atoms with van der Waals surface area (Å²) in [6.45, 7) is 0.348. The van der Waals surface area contributed by atoms with Crippen LogP contribution in [0.3, 0.4) is 0 Å². The lowest BCUT2D eigenvalue weighted by molar-refractivity contribution is -0.152. The van der Waals surface area contributed by atoms with Crippen molar-refractivity contribution in [2.45, 2.75) is 38.7 Å². The molecule has 1 aromatic carbocycles. The zero-order valence-corrected chi connectivity index (χ0v) is 13.2. The summed E-state index contributed by atoms with van der Waals surface area (Å²) in [5, 5.41) is 12.4. The van der Waals surface area contributed by atoms with Crippen LogP contribution in [0.1, 0.15) is 37.7 Å². The number of rotatable bonds is 5. The Kier molecular flexibility index (Phi) is 4.55. The number of benzene rings is 1. The monoisotopic (exact) mass is 317 g/mol. The fourth-order valence-electron chi connectivity index (χ4n) is 4.15. The Morgan fingerprint density at radius 2 is 1.83 bits per heavy atom. The van der Waals surface area contributed by atoms with Crippen molar-refractivity contribution in [1.29, 1.82) is 0 Å². The fourth-order valence-corrected chi connectivity index (χ4v) is 4.15. The molecule has 3 rings (SSSR count). The number of carbonyl (C=O) groups excluding carboxylic acids is 1. The van der Waals surface area contributed by atoms with Crippen LogP contribution in [0.15, 0.2) is 30.3 Å². The van der Waals surface area contributed by atoms with Gasteiger partial charge in [-0.25, -0.2) is 4.79 Å². The van der Waals surface area contributed by atoms with E-state index < -0.39 is 17.5 Å². The van der Waals surface area contributed by atoms with Crippen molar-refractivity contribution >= 4 is 12.1 Å². The Bertz CT molecular complexity index is 560. The van der Waals surface area contributed by atoms with Gasteiger partial charge in [-0.1, -0.05) is 43.2 Å². The molecule has 1 unspecified atom stereocenters. The number of aliphatic carboxylic acids is 1. The van der Waals surface area contributed by atoms with Crippen molar-refractivity contribution in [2.75, 3.05) is 6.54 Å². The molecule has 2 N–H and O–H groups in total. The molecule has 1 amide bonds. The van der Waals surface area contributed by atoms with E-state index in [1.54, 1.807) is 0 Å². The minimum atomic E-state index is -0.824. The lowest BCUT2D eigenvalue weighted by atomic mass is 9.69. The molecule has 0 aliphatic heterocycles. The average Bonchev–Trinajstić information content (AvgIpc) is 2.90. The highest BCUT2D eigenvalue weighted by atomic mass is 16.5. The summed E-state index contributed by atoms with van der Waals surface area (Å²) >= 11 is 0. The van der Waals surface area contributed by atoms with Gasteiger partial charge in [0.15, 0.2) is 0 Å². The molecule has 5 heteroatoms. The summed E-state index contributed by atoms with van der Waals surface area (Å²) < 4.78 is 5.17. The molecule has 0 radical (unpaired) electrons. The van der Waals surface area contributed by atoms with Crippen LogP contribution in [0.5, 0.6) is 0 Å². The van der Waals surface area contributed by atoms with Gasteiger partial charge in [0, 0.05) is 6.54 Å². The molecule has 23 heavy (non-hydrogen) atoms. The quantitative estimate of drug-likeness (QED) is 0.874. The van der Waals surface area contributed by atoms with E-state index in [1.165, 1.54) is 0 Å². The summed E-state index contributed by atoms with van der Waals surface area (Å²) in [6, 6.07) is 9.43. The van der Waals surface area contributed by atoms with Crippen LogP contribution >= 0.6 is 0 Å². The number of hydrogen-bond acceptors (Lipinski definition) is 3. The normalized spacial score (nSPS) is 29.0. The zero-order valence-electron chi connectivity index (χ0n) is 13.2. The van der Waals surface area contributed by atoms with Crippen molar-refractivity contribution < 1.29 is 19.4 Å². The van der Waals surface area contributed by atoms with Crippen LogP contribution in [-0.4, -0.2) is 23.7 Å². The number of carboxylic acid groups (broad SMARTS) is 1. The second-order valence-corrected chi connectivity index (χ2v) is 6.95. The van der Waals surface area contributed by atoms with Gasteiger partial charge in [0.05, 0.1) is 5.41 Å². The van der Waals surface area contributed by atoms with Gasteiger partial charge in [0.2, 0.25) is 0 Å². The molecule has 2 saturated carbocycles. The van der Waals surface area contributed by atoms with Crippen LogP contribution in [0.4, 0.5) is 4.79 Å². The first-order chi connectivity index (χ1) is 11.1. The van der Waals surface area contributed by atoms with Gasteiger partial charge in [0.1, 0.15) is 6.61 Å². The smallest absolute Gasteiger partial charge is 0.407 e. The molecule has 2 fully saturated rings. The Morgan fingerprint density at radius 1 is 1.17 bits per heavy atom. The van der Waals surface area contributed by atoms with Gasteiger partial charge in [-0.05, 0) is 36.7 Å². The third kappa shape index (κ3) is 3.66. The number of nitrogens with one attached hydrogen (secondary N) is 1. The third-order valence-electron chi connectivity index (χ3n) is 5.25. The van der Waals surface area contributed by atoms with E-state index in [2.05, 4.69) is 5.32 Å². The summed E-state index contributed by atoms with van der Waals surface area (Å²) in [4.78, 5) is 23.7. The lowest BCUT2D eigenvalue weighted by Crippen LogP contribution is -2.46. The van der Waals surface area contributed by atoms with Crippen LogP contribution in [0.25, 0.3) is 0 Å². The second kappa shape index (κ2) is 6.60. The second-order valence-electron chi connectivity index (χ2n) is 6.95. The minimum Gasteiger partial charge on any atom is -0.481 e. The van der Waals surface area contributed by atoms with E-state index in [9.17, 15) is 14.7 Å². The molecule has 0 spiro atoms. The molecule has 5 nitrogen and oxygen atoms in total. The maximum Gasteiger partial charge on any atom is 0.407 e. The topological polar surface area (TPSA) is 75.6 Å². The Balaban J connectivity index is 1.53. The molecule has 2 bridgehead atoms. The Morgan fingerprint density at radius 3 is 2.43 bits per heavy atom. The molecular formula is C18H23NO4. The SMILES string of the molecule is O=C(NCC1(C(=O)O)C[C@@H]2CC[C@@H](C2)C1)OCc1ccccc1. The number of alkyl carbamates (subject to hydrolysis) is 1. The first-order valence-electron chi connectivity index (χ1n) is 8.25. The van der Waals surface area contributed by atoms with Crippen LogP contribution < -0.4 is 5.32 Å². The predicted molar refractivity (Wildman–Crippen MR) is 84.8 cm³/mol. The van der Waals surface area contributed by atoms with E-state index in [4.69, 9.17) is 4.74 Å². The highest BCUT2D eigenvalue weighted by Crippen LogP contribution is 2.50. The van der Waals surface area contributed by atoms with Crippen molar-refractivity contribution in [3.63, 3.8) is 0 Å². The molecule has 0 saturated heterocycles. The van der Waals surface area contributed by atoms with Gasteiger partial charge in [-0.2, -0.15) is 0 Å². The van der Waals surface area contributed by atoms with Crippen LogP contribution in [0, 0.1) is 17.3 Å². The number of fused-ring (bicyclic) bond motifs is 2. The van der Waals surface area contributed by atoms with Crippen molar-refractivity contribution in [1.82, 2.24) is 5.32 Å². The standard InChI is InChI=1S/C18H23NO4/c20-16(21)18(9-14-6-7-15(8-14)10-18)12-19-17(22)23-11-13-4-2-1-3-5-13/h1-5,14-15H,6-12H2,(H,19,22)(H,20,21)/t14-,15+,18?. The number of carbonyl (C=O) groups is 2. The van der Waals surface area contributed by atoms with Gasteiger partial charge in [-0.15, -0.1) is 0 Å². The third-order valence-corrected chi connectivity index (χ3v) is 5.25. The van der Waals surface area contributed by atoms with Gasteiger partial charge in [-0.3, -0.25) is 4.79 Å². The molecule has 1 aromatic rings. The number of carboxylic acids is 1. The first kappa shape index (κ1) is 15.8. The van der Waals surface area contributed by atoms with Crippen LogP contribution in [-0.2, 0) is 16.1 Å². The maximum absolute atomic E-state index is 11.9. The van der Waals surface area contributed by atoms with E-state index in [0.29, 0.717) is 24.7 Å². The van der Waals surface area contributed by atoms with Crippen molar-refractivity contribution in [2.24, 2.45) is 17.3 Å². The number of ether oxygens (including phenoxy) is 1. The molecule has 124 valence electrons. The number of hydrogen-bond donors (Lipinski definition) is 2. The summed E-state index contributed by atoms with van der Waals surface area (Å²) in [6.07, 6.45) is 4.17. The molecule has 2 aliphatic rings. The van der Waals surface area contributed by atoms with E-state index in [-0.39, 0.29) is 13.2 Å². The predicted octanol–water partition coefficient (Wildman–Crippen LogP) is 3.19. The van der Waals surface area contributed by atoms with E-state index in [1.807, 2.05) is 30.3 Å². The zero-order chi connectivity index (χ0) is 16.3. The Hall–Kier alpha value is -2.04. The molecular weight excluding hydrogens is 294 g/mol. The van der Waals surface area contributed by atoms with E-state index in [0.717, 1.165) is 24.8 Å². The summed E-state index contributed by atoms with van der Waals surface area (Å²) in [5.41, 5.74) is 0.0851. The summed E-state index contributed by atoms with van der Waals surface area (Å²) in [5.74, 6) is 0.191. The van der Waals surface area contributed by atoms with Crippen LogP contribution in [0.2, 0.25) is 0 Å². The molecule has 0 heterocycles. The van der Waals surface area contributed by atoms with Crippen molar-refractivity contribution in [3.8, 4) is 0 Å². The van der Waals surface area contributed by atoms with Crippen molar-refractivity contribution in [3.05, 3.63) is 35.9 Å². The molecule has 3 atom stereocenters. The minimum absolute atomic E-state index is 0.156. The first-order valence-corrected chi connectivity index (χ1v) is 8.25. The maximum atomic E-state index is 11.9. The van der Waals surface area contributed by atoms with Gasteiger partial charge in [0.25, 0.3) is 0 Å². The average molecular weight is 317 g/mol. The largest absolute Gasteiger partial charge is 0.481 e. The lowest BCUT2D eigenvalue weighted by Gasteiger charge is -2.37. The van der Waals surface area contributed by atoms with Gasteiger partial charge >= 0.3 is 12.1 Å². The fraction of sp³-hybridized carbons (Fsp3) is 0.556. The molecule has 0 aromatic heterocycles.